The topological polar surface area (TPSA) is 33.0 Å². The Hall–Kier alpha value is -1.70. The van der Waals surface area contributed by atoms with Gasteiger partial charge in [-0.2, -0.15) is 18.4 Å². The lowest BCUT2D eigenvalue weighted by Crippen LogP contribution is -2.10. The molecule has 0 amide bonds. The van der Waals surface area contributed by atoms with Crippen LogP contribution in [0.4, 0.5) is 13.2 Å². The van der Waals surface area contributed by atoms with Crippen molar-refractivity contribution >= 4 is 0 Å². The fourth-order valence-corrected chi connectivity index (χ4v) is 1.33. The Morgan fingerprint density at radius 2 is 2.00 bits per heavy atom. The highest BCUT2D eigenvalue weighted by molar-refractivity contribution is 5.49. The van der Waals surface area contributed by atoms with E-state index in [0.717, 1.165) is 18.9 Å². The second-order valence-corrected chi connectivity index (χ2v) is 3.61. The molecule has 2 rings (SSSR count). The Kier molecular flexibility index (Phi) is 2.50. The van der Waals surface area contributed by atoms with Crippen LogP contribution in [0.3, 0.4) is 0 Å². The Balaban J connectivity index is 2.46. The van der Waals surface area contributed by atoms with E-state index in [1.54, 1.807) is 6.07 Å². The minimum absolute atomic E-state index is 0.0678. The standard InChI is InChI=1S/C11H8F3NO/c12-11(13,14)9-3-1-2-7(6-15)10(9)16-8-4-5-8/h1-3,8H,4-5H2. The van der Waals surface area contributed by atoms with Gasteiger partial charge in [0.1, 0.15) is 11.8 Å². The number of hydrogen-bond acceptors (Lipinski definition) is 2. The van der Waals surface area contributed by atoms with Crippen LogP contribution in [0.1, 0.15) is 24.0 Å². The second-order valence-electron chi connectivity index (χ2n) is 3.61. The van der Waals surface area contributed by atoms with Crippen molar-refractivity contribution in [2.75, 3.05) is 0 Å². The van der Waals surface area contributed by atoms with Crippen molar-refractivity contribution in [2.24, 2.45) is 0 Å². The number of nitriles is 1. The SMILES string of the molecule is N#Cc1cccc(C(F)(F)F)c1OC1CC1. The monoisotopic (exact) mass is 227 g/mol. The first-order valence-corrected chi connectivity index (χ1v) is 4.79. The van der Waals surface area contributed by atoms with Crippen LogP contribution >= 0.6 is 0 Å². The molecule has 0 N–H and O–H groups in total. The number of ether oxygens (including phenoxy) is 1. The molecule has 5 heteroatoms. The van der Waals surface area contributed by atoms with E-state index in [1.807, 2.05) is 0 Å². The average Bonchev–Trinajstić information content (AvgIpc) is 3.00. The molecule has 1 aliphatic carbocycles. The maximum atomic E-state index is 12.6. The summed E-state index contributed by atoms with van der Waals surface area (Å²) in [6.07, 6.45) is -3.17. The van der Waals surface area contributed by atoms with Crippen molar-refractivity contribution in [3.63, 3.8) is 0 Å². The van der Waals surface area contributed by atoms with Gasteiger partial charge in [-0.3, -0.25) is 0 Å². The van der Waals surface area contributed by atoms with Gasteiger partial charge in [-0.05, 0) is 25.0 Å². The van der Waals surface area contributed by atoms with Gasteiger partial charge in [-0.25, -0.2) is 0 Å². The van der Waals surface area contributed by atoms with Crippen molar-refractivity contribution in [3.8, 4) is 11.8 Å². The molecular weight excluding hydrogens is 219 g/mol. The summed E-state index contributed by atoms with van der Waals surface area (Å²) in [4.78, 5) is 0. The summed E-state index contributed by atoms with van der Waals surface area (Å²) in [5, 5.41) is 8.74. The summed E-state index contributed by atoms with van der Waals surface area (Å²) in [5.41, 5.74) is -0.944. The lowest BCUT2D eigenvalue weighted by Gasteiger charge is -2.14. The van der Waals surface area contributed by atoms with E-state index in [0.29, 0.717) is 0 Å². The number of nitrogens with zero attached hydrogens (tertiary/aromatic N) is 1. The van der Waals surface area contributed by atoms with Gasteiger partial charge in [-0.1, -0.05) is 6.07 Å². The van der Waals surface area contributed by atoms with Crippen LogP contribution in [0.5, 0.6) is 5.75 Å². The van der Waals surface area contributed by atoms with Crippen molar-refractivity contribution in [2.45, 2.75) is 25.1 Å². The maximum Gasteiger partial charge on any atom is 0.420 e. The number of hydrogen-bond donors (Lipinski definition) is 0. The third kappa shape index (κ3) is 2.11. The predicted molar refractivity (Wildman–Crippen MR) is 49.8 cm³/mol. The summed E-state index contributed by atoms with van der Waals surface area (Å²) in [5.74, 6) is -0.333. The van der Waals surface area contributed by atoms with Gasteiger partial charge in [0, 0.05) is 0 Å². The third-order valence-electron chi connectivity index (χ3n) is 2.25. The molecule has 0 aliphatic heterocycles. The summed E-state index contributed by atoms with van der Waals surface area (Å²) in [7, 11) is 0. The molecule has 0 spiro atoms. The second kappa shape index (κ2) is 3.71. The third-order valence-corrected chi connectivity index (χ3v) is 2.25. The Bertz CT molecular complexity index is 444. The molecule has 1 aliphatic rings. The largest absolute Gasteiger partial charge is 0.488 e. The zero-order chi connectivity index (χ0) is 11.8. The zero-order valence-corrected chi connectivity index (χ0v) is 8.21. The molecule has 0 heterocycles. The van der Waals surface area contributed by atoms with Crippen molar-refractivity contribution in [3.05, 3.63) is 29.3 Å². The van der Waals surface area contributed by atoms with Gasteiger partial charge in [0.05, 0.1) is 17.2 Å². The van der Waals surface area contributed by atoms with E-state index < -0.39 is 11.7 Å². The maximum absolute atomic E-state index is 12.6. The van der Waals surface area contributed by atoms with Gasteiger partial charge in [0.25, 0.3) is 0 Å². The lowest BCUT2D eigenvalue weighted by molar-refractivity contribution is -0.139. The van der Waals surface area contributed by atoms with Crippen LogP contribution in [-0.2, 0) is 6.18 Å². The van der Waals surface area contributed by atoms with Crippen LogP contribution in [0.15, 0.2) is 18.2 Å². The minimum atomic E-state index is -4.49. The van der Waals surface area contributed by atoms with Crippen molar-refractivity contribution < 1.29 is 17.9 Å². The Morgan fingerprint density at radius 3 is 2.50 bits per heavy atom. The van der Waals surface area contributed by atoms with Crippen molar-refractivity contribution in [1.29, 1.82) is 5.26 Å². The molecule has 0 bridgehead atoms. The minimum Gasteiger partial charge on any atom is -0.488 e. The fourth-order valence-electron chi connectivity index (χ4n) is 1.33. The molecule has 1 fully saturated rings. The highest BCUT2D eigenvalue weighted by Crippen LogP contribution is 2.40. The van der Waals surface area contributed by atoms with E-state index in [1.165, 1.54) is 12.1 Å². The quantitative estimate of drug-likeness (QED) is 0.777. The summed E-state index contributed by atoms with van der Waals surface area (Å²) in [6, 6.07) is 5.18. The van der Waals surface area contributed by atoms with Gasteiger partial charge in [-0.15, -0.1) is 0 Å². The van der Waals surface area contributed by atoms with E-state index >= 15 is 0 Å². The van der Waals surface area contributed by atoms with Crippen LogP contribution in [0.25, 0.3) is 0 Å². The summed E-state index contributed by atoms with van der Waals surface area (Å²) < 4.78 is 43.1. The first-order valence-electron chi connectivity index (χ1n) is 4.79. The molecule has 0 unspecified atom stereocenters. The van der Waals surface area contributed by atoms with Gasteiger partial charge < -0.3 is 4.74 Å². The van der Waals surface area contributed by atoms with Crippen LogP contribution in [-0.4, -0.2) is 6.10 Å². The van der Waals surface area contributed by atoms with Crippen LogP contribution in [0.2, 0.25) is 0 Å². The molecule has 2 nitrogen and oxygen atoms in total. The van der Waals surface area contributed by atoms with Gasteiger partial charge >= 0.3 is 6.18 Å². The highest BCUT2D eigenvalue weighted by atomic mass is 19.4. The first-order chi connectivity index (χ1) is 7.52. The first kappa shape index (κ1) is 10.8. The van der Waals surface area contributed by atoms with Gasteiger partial charge in [0.15, 0.2) is 0 Å². The molecule has 16 heavy (non-hydrogen) atoms. The Labute approximate surface area is 90.3 Å². The molecule has 0 saturated heterocycles. The fraction of sp³-hybridized carbons (Fsp3) is 0.364. The Morgan fingerprint density at radius 1 is 1.31 bits per heavy atom. The average molecular weight is 227 g/mol. The summed E-state index contributed by atoms with van der Waals surface area (Å²) >= 11 is 0. The number of alkyl halides is 3. The normalized spacial score (nSPS) is 15.6. The zero-order valence-electron chi connectivity index (χ0n) is 8.21. The molecule has 1 aromatic carbocycles. The summed E-state index contributed by atoms with van der Waals surface area (Å²) in [6.45, 7) is 0. The molecule has 1 aromatic rings. The smallest absolute Gasteiger partial charge is 0.420 e. The van der Waals surface area contributed by atoms with Crippen LogP contribution in [0, 0.1) is 11.3 Å². The highest BCUT2D eigenvalue weighted by Gasteiger charge is 2.37. The molecule has 1 saturated carbocycles. The van der Waals surface area contributed by atoms with Crippen LogP contribution < -0.4 is 4.74 Å². The molecule has 0 atom stereocenters. The van der Waals surface area contributed by atoms with Gasteiger partial charge in [0.2, 0.25) is 0 Å². The lowest BCUT2D eigenvalue weighted by atomic mass is 10.1. The van der Waals surface area contributed by atoms with E-state index in [4.69, 9.17) is 10.00 Å². The molecule has 0 aromatic heterocycles. The van der Waals surface area contributed by atoms with E-state index in [2.05, 4.69) is 0 Å². The molecule has 0 radical (unpaired) electrons. The van der Waals surface area contributed by atoms with Crippen molar-refractivity contribution in [1.82, 2.24) is 0 Å². The molecular formula is C11H8F3NO. The number of benzene rings is 1. The molecule has 84 valence electrons. The number of halogens is 3. The van der Waals surface area contributed by atoms with E-state index in [9.17, 15) is 13.2 Å². The predicted octanol–water partition coefficient (Wildman–Crippen LogP) is 3.12. The number of rotatable bonds is 2. The number of para-hydroxylation sites is 1. The van der Waals surface area contributed by atoms with E-state index in [-0.39, 0.29) is 17.4 Å².